The van der Waals surface area contributed by atoms with Gasteiger partial charge >= 0.3 is 0 Å². The van der Waals surface area contributed by atoms with Crippen LogP contribution in [0.2, 0.25) is 13.1 Å². The molecule has 0 aromatic rings. The molecule has 0 aliphatic carbocycles. The van der Waals surface area contributed by atoms with Gasteiger partial charge in [-0.05, 0) is 23.7 Å². The van der Waals surface area contributed by atoms with Gasteiger partial charge in [-0.2, -0.15) is 0 Å². The molecule has 0 radical (unpaired) electrons. The van der Waals surface area contributed by atoms with Gasteiger partial charge in [0.1, 0.15) is 7.28 Å². The van der Waals surface area contributed by atoms with Crippen LogP contribution >= 0.6 is 0 Å². The molecule has 0 amide bonds. The van der Waals surface area contributed by atoms with Crippen molar-refractivity contribution in [2.45, 2.75) is 67.0 Å². The summed E-state index contributed by atoms with van der Waals surface area (Å²) < 4.78 is 0. The third-order valence-corrected chi connectivity index (χ3v) is 2.81. The molecule has 0 bridgehead atoms. The first-order chi connectivity index (χ1) is 5.83. The SMILES string of the molecule is CBCC(C)(C)CC(C)(C)CCC. The second-order valence-corrected chi connectivity index (χ2v) is 6.01. The monoisotopic (exact) mass is 182 g/mol. The van der Waals surface area contributed by atoms with Gasteiger partial charge in [0.05, 0.1) is 0 Å². The van der Waals surface area contributed by atoms with Crippen LogP contribution in [0.4, 0.5) is 0 Å². The Bertz CT molecular complexity index is 120. The highest BCUT2D eigenvalue weighted by Gasteiger charge is 2.27. The van der Waals surface area contributed by atoms with Gasteiger partial charge in [0.2, 0.25) is 0 Å². The van der Waals surface area contributed by atoms with E-state index in [0.29, 0.717) is 10.8 Å². The van der Waals surface area contributed by atoms with Crippen molar-refractivity contribution in [1.82, 2.24) is 0 Å². The highest BCUT2D eigenvalue weighted by Crippen LogP contribution is 2.39. The Hall–Kier alpha value is 0.0649. The van der Waals surface area contributed by atoms with Gasteiger partial charge in [0.15, 0.2) is 0 Å². The Morgan fingerprint density at radius 3 is 1.92 bits per heavy atom. The van der Waals surface area contributed by atoms with E-state index >= 15 is 0 Å². The fraction of sp³-hybridized carbons (Fsp3) is 1.00. The Labute approximate surface area is 85.7 Å². The lowest BCUT2D eigenvalue weighted by atomic mass is 9.61. The molecule has 0 saturated heterocycles. The zero-order chi connectivity index (χ0) is 10.5. The average Bonchev–Trinajstić information content (AvgIpc) is 1.82. The van der Waals surface area contributed by atoms with Crippen LogP contribution in [0.5, 0.6) is 0 Å². The highest BCUT2D eigenvalue weighted by atomic mass is 14.3. The maximum atomic E-state index is 2.41. The molecule has 1 heteroatoms. The second-order valence-electron chi connectivity index (χ2n) is 6.01. The minimum atomic E-state index is 0.535. The van der Waals surface area contributed by atoms with Crippen LogP contribution in [0, 0.1) is 10.8 Å². The normalized spacial score (nSPS) is 13.1. The third kappa shape index (κ3) is 6.18. The standard InChI is InChI=1S/C12H27B/c1-7-8-11(2,3)9-12(4,5)10-13-6/h13H,7-10H2,1-6H3. The Kier molecular flexibility index (Phi) is 5.10. The van der Waals surface area contributed by atoms with Crippen LogP contribution in [0.15, 0.2) is 0 Å². The van der Waals surface area contributed by atoms with Crippen molar-refractivity contribution in [3.63, 3.8) is 0 Å². The smallest absolute Gasteiger partial charge is 0.0893 e. The van der Waals surface area contributed by atoms with E-state index in [2.05, 4.69) is 41.4 Å². The Morgan fingerprint density at radius 1 is 1.00 bits per heavy atom. The lowest BCUT2D eigenvalue weighted by Crippen LogP contribution is -2.23. The molecule has 0 aromatic carbocycles. The van der Waals surface area contributed by atoms with Crippen molar-refractivity contribution in [3.8, 4) is 0 Å². The maximum Gasteiger partial charge on any atom is 0.118 e. The molecule has 0 nitrogen and oxygen atoms in total. The van der Waals surface area contributed by atoms with E-state index in [4.69, 9.17) is 0 Å². The summed E-state index contributed by atoms with van der Waals surface area (Å²) in [7, 11) is 1.31. The van der Waals surface area contributed by atoms with Crippen molar-refractivity contribution >= 4 is 7.28 Å². The Balaban J connectivity index is 4.07. The van der Waals surface area contributed by atoms with Gasteiger partial charge in [-0.3, -0.25) is 0 Å². The summed E-state index contributed by atoms with van der Waals surface area (Å²) in [6.45, 7) is 14.2. The van der Waals surface area contributed by atoms with E-state index in [9.17, 15) is 0 Å². The van der Waals surface area contributed by atoms with Gasteiger partial charge < -0.3 is 0 Å². The van der Waals surface area contributed by atoms with E-state index in [0.717, 1.165) is 0 Å². The van der Waals surface area contributed by atoms with Crippen molar-refractivity contribution < 1.29 is 0 Å². The first kappa shape index (κ1) is 13.1. The Morgan fingerprint density at radius 2 is 1.54 bits per heavy atom. The summed E-state index contributed by atoms with van der Waals surface area (Å²) in [5.41, 5.74) is 1.07. The van der Waals surface area contributed by atoms with Gasteiger partial charge in [-0.25, -0.2) is 0 Å². The van der Waals surface area contributed by atoms with Crippen molar-refractivity contribution in [3.05, 3.63) is 0 Å². The third-order valence-electron chi connectivity index (χ3n) is 2.81. The van der Waals surface area contributed by atoms with Crippen molar-refractivity contribution in [1.29, 1.82) is 0 Å². The zero-order valence-corrected chi connectivity index (χ0v) is 10.5. The summed E-state index contributed by atoms with van der Waals surface area (Å²) in [5.74, 6) is 0. The van der Waals surface area contributed by atoms with E-state index in [1.54, 1.807) is 0 Å². The van der Waals surface area contributed by atoms with Crippen molar-refractivity contribution in [2.24, 2.45) is 10.8 Å². The van der Waals surface area contributed by atoms with Gasteiger partial charge in [-0.15, -0.1) is 0 Å². The zero-order valence-electron chi connectivity index (χ0n) is 10.5. The van der Waals surface area contributed by atoms with Gasteiger partial charge in [-0.1, -0.05) is 54.2 Å². The van der Waals surface area contributed by atoms with Crippen molar-refractivity contribution in [2.75, 3.05) is 0 Å². The summed E-state index contributed by atoms with van der Waals surface area (Å²) in [5, 5.41) is 0. The summed E-state index contributed by atoms with van der Waals surface area (Å²) in [4.78, 5) is 0. The molecule has 0 atom stereocenters. The molecule has 0 saturated carbocycles. The van der Waals surface area contributed by atoms with Crippen LogP contribution in [0.3, 0.4) is 0 Å². The van der Waals surface area contributed by atoms with Gasteiger partial charge in [0.25, 0.3) is 0 Å². The molecule has 0 spiro atoms. The second kappa shape index (κ2) is 5.07. The quantitative estimate of drug-likeness (QED) is 0.541. The van der Waals surface area contributed by atoms with E-state index in [1.807, 2.05) is 0 Å². The summed E-state index contributed by atoms with van der Waals surface area (Å²) in [6.07, 6.45) is 5.40. The first-order valence-electron chi connectivity index (χ1n) is 5.83. The highest BCUT2D eigenvalue weighted by molar-refractivity contribution is 6.33. The predicted octanol–water partition coefficient (Wildman–Crippen LogP) is 4.13. The minimum absolute atomic E-state index is 0.535. The average molecular weight is 182 g/mol. The predicted molar refractivity (Wildman–Crippen MR) is 64.9 cm³/mol. The van der Waals surface area contributed by atoms with E-state index in [-0.39, 0.29) is 0 Å². The number of rotatable bonds is 6. The number of hydrogen-bond acceptors (Lipinski definition) is 0. The topological polar surface area (TPSA) is 0 Å². The molecule has 0 N–H and O–H groups in total. The van der Waals surface area contributed by atoms with E-state index in [1.165, 1.54) is 32.9 Å². The van der Waals surface area contributed by atoms with Crippen LogP contribution < -0.4 is 0 Å². The molecule has 13 heavy (non-hydrogen) atoms. The largest absolute Gasteiger partial charge is 0.118 e. The summed E-state index contributed by atoms with van der Waals surface area (Å²) >= 11 is 0. The van der Waals surface area contributed by atoms with Gasteiger partial charge in [0, 0.05) is 0 Å². The molecular formula is C12H27B. The molecule has 0 aliphatic rings. The van der Waals surface area contributed by atoms with Crippen LogP contribution in [-0.4, -0.2) is 7.28 Å². The minimum Gasteiger partial charge on any atom is -0.0893 e. The molecular weight excluding hydrogens is 155 g/mol. The lowest BCUT2D eigenvalue weighted by Gasteiger charge is -2.34. The fourth-order valence-electron chi connectivity index (χ4n) is 2.83. The molecule has 0 rings (SSSR count). The molecule has 0 heterocycles. The fourth-order valence-corrected chi connectivity index (χ4v) is 2.83. The van der Waals surface area contributed by atoms with E-state index < -0.39 is 0 Å². The molecule has 0 unspecified atom stereocenters. The summed E-state index contributed by atoms with van der Waals surface area (Å²) in [6, 6.07) is 0. The number of hydrogen-bond donors (Lipinski definition) is 0. The lowest BCUT2D eigenvalue weighted by molar-refractivity contribution is 0.197. The maximum absolute atomic E-state index is 2.41. The molecule has 0 aliphatic heterocycles. The first-order valence-corrected chi connectivity index (χ1v) is 5.83. The molecule has 0 aromatic heterocycles. The van der Waals surface area contributed by atoms with Crippen LogP contribution in [0.25, 0.3) is 0 Å². The van der Waals surface area contributed by atoms with Crippen LogP contribution in [0.1, 0.15) is 53.9 Å². The van der Waals surface area contributed by atoms with Crippen LogP contribution in [-0.2, 0) is 0 Å². The molecule has 78 valence electrons. The molecule has 0 fully saturated rings.